The zero-order valence-corrected chi connectivity index (χ0v) is 12.8. The molecule has 1 aromatic carbocycles. The summed E-state index contributed by atoms with van der Waals surface area (Å²) in [4.78, 5) is 16.2. The number of rotatable bonds is 3. The number of benzene rings is 1. The maximum atomic E-state index is 11.9. The largest absolute Gasteiger partial charge is 0.462 e. The smallest absolute Gasteiger partial charge is 0.338 e. The molecule has 0 aliphatic rings. The maximum absolute atomic E-state index is 11.9. The number of nitrogens with zero attached hydrogens (tertiary/aromatic N) is 3. The number of hydrogen-bond donors (Lipinski definition) is 0. The fraction of sp³-hybridized carbons (Fsp3) is 0.235. The van der Waals surface area contributed by atoms with Gasteiger partial charge in [0, 0.05) is 29.9 Å². The molecular formula is C17H17N3O2. The number of hydrogen-bond acceptors (Lipinski definition) is 4. The summed E-state index contributed by atoms with van der Waals surface area (Å²) in [6.07, 6.45) is 1.76. The van der Waals surface area contributed by atoms with Crippen molar-refractivity contribution in [2.45, 2.75) is 13.8 Å². The number of pyridine rings is 1. The summed E-state index contributed by atoms with van der Waals surface area (Å²) in [6, 6.07) is 9.41. The first-order valence-electron chi connectivity index (χ1n) is 7.17. The van der Waals surface area contributed by atoms with Crippen molar-refractivity contribution in [3.8, 4) is 11.3 Å². The van der Waals surface area contributed by atoms with E-state index < -0.39 is 0 Å². The summed E-state index contributed by atoms with van der Waals surface area (Å²) in [7, 11) is 1.89. The fourth-order valence-corrected chi connectivity index (χ4v) is 2.51. The zero-order chi connectivity index (χ0) is 15.7. The van der Waals surface area contributed by atoms with Crippen molar-refractivity contribution in [2.75, 3.05) is 6.61 Å². The Kier molecular flexibility index (Phi) is 3.63. The summed E-state index contributed by atoms with van der Waals surface area (Å²) in [6.45, 7) is 4.10. The summed E-state index contributed by atoms with van der Waals surface area (Å²) in [5.74, 6) is -0.315. The summed E-state index contributed by atoms with van der Waals surface area (Å²) in [5, 5.41) is 5.51. The van der Waals surface area contributed by atoms with E-state index in [2.05, 4.69) is 10.1 Å². The minimum Gasteiger partial charge on any atom is -0.462 e. The number of carbonyl (C=O) groups excluding carboxylic acids is 1. The number of aryl methyl sites for hydroxylation is 2. The lowest BCUT2D eigenvalue weighted by molar-refractivity contribution is 0.0526. The minimum absolute atomic E-state index is 0.315. The van der Waals surface area contributed by atoms with E-state index in [9.17, 15) is 4.79 Å². The van der Waals surface area contributed by atoms with Crippen LogP contribution in [0.4, 0.5) is 0 Å². The van der Waals surface area contributed by atoms with Gasteiger partial charge in [0.25, 0.3) is 0 Å². The van der Waals surface area contributed by atoms with Crippen molar-refractivity contribution in [2.24, 2.45) is 7.05 Å². The topological polar surface area (TPSA) is 57.0 Å². The molecule has 0 amide bonds. The van der Waals surface area contributed by atoms with Crippen molar-refractivity contribution >= 4 is 16.9 Å². The first kappa shape index (κ1) is 14.3. The summed E-state index contributed by atoms with van der Waals surface area (Å²) < 4.78 is 6.89. The molecule has 5 heteroatoms. The number of ether oxygens (including phenoxy) is 1. The number of carbonyl (C=O) groups is 1. The lowest BCUT2D eigenvalue weighted by Gasteiger charge is -2.03. The lowest BCUT2D eigenvalue weighted by atomic mass is 10.1. The Morgan fingerprint density at radius 2 is 2.09 bits per heavy atom. The fourth-order valence-electron chi connectivity index (χ4n) is 2.51. The predicted octanol–water partition coefficient (Wildman–Crippen LogP) is 3.12. The third-order valence-electron chi connectivity index (χ3n) is 3.53. The van der Waals surface area contributed by atoms with Crippen LogP contribution in [0.3, 0.4) is 0 Å². The van der Waals surface area contributed by atoms with E-state index in [1.54, 1.807) is 19.2 Å². The van der Waals surface area contributed by atoms with Crippen molar-refractivity contribution in [1.29, 1.82) is 0 Å². The third-order valence-corrected chi connectivity index (χ3v) is 3.53. The van der Waals surface area contributed by atoms with E-state index >= 15 is 0 Å². The van der Waals surface area contributed by atoms with Crippen LogP contribution in [0.1, 0.15) is 23.0 Å². The average Bonchev–Trinajstić information content (AvgIpc) is 2.84. The molecule has 0 aliphatic heterocycles. The van der Waals surface area contributed by atoms with Crippen molar-refractivity contribution < 1.29 is 9.53 Å². The Morgan fingerprint density at radius 1 is 1.27 bits per heavy atom. The van der Waals surface area contributed by atoms with Crippen LogP contribution in [-0.4, -0.2) is 27.3 Å². The quantitative estimate of drug-likeness (QED) is 0.697. The second-order valence-electron chi connectivity index (χ2n) is 5.11. The van der Waals surface area contributed by atoms with Gasteiger partial charge in [0.15, 0.2) is 0 Å². The van der Waals surface area contributed by atoms with Crippen LogP contribution in [0, 0.1) is 6.92 Å². The van der Waals surface area contributed by atoms with Crippen LogP contribution in [0.5, 0.6) is 0 Å². The molecule has 0 radical (unpaired) electrons. The SMILES string of the molecule is CCOC(=O)c1ccc2c(c1)c(-c1ccnc(C)c1)nn2C. The molecule has 0 saturated heterocycles. The monoisotopic (exact) mass is 295 g/mol. The van der Waals surface area contributed by atoms with Crippen LogP contribution in [-0.2, 0) is 11.8 Å². The highest BCUT2D eigenvalue weighted by Gasteiger charge is 2.14. The first-order valence-corrected chi connectivity index (χ1v) is 7.17. The van der Waals surface area contributed by atoms with Gasteiger partial charge in [-0.25, -0.2) is 4.79 Å². The average molecular weight is 295 g/mol. The second kappa shape index (κ2) is 5.60. The molecule has 0 unspecified atom stereocenters. The van der Waals surface area contributed by atoms with E-state index in [0.717, 1.165) is 27.9 Å². The molecule has 2 heterocycles. The summed E-state index contributed by atoms with van der Waals surface area (Å²) >= 11 is 0. The molecule has 3 aromatic rings. The van der Waals surface area contributed by atoms with Crippen molar-refractivity contribution in [3.63, 3.8) is 0 Å². The van der Waals surface area contributed by atoms with E-state index in [4.69, 9.17) is 4.74 Å². The molecule has 0 aliphatic carbocycles. The molecule has 0 fully saturated rings. The highest BCUT2D eigenvalue weighted by atomic mass is 16.5. The molecule has 0 atom stereocenters. The Balaban J connectivity index is 2.18. The molecule has 112 valence electrons. The predicted molar refractivity (Wildman–Crippen MR) is 84.6 cm³/mol. The molecule has 0 N–H and O–H groups in total. The van der Waals surface area contributed by atoms with Gasteiger partial charge in [0.05, 0.1) is 17.7 Å². The van der Waals surface area contributed by atoms with Gasteiger partial charge in [-0.3, -0.25) is 9.67 Å². The van der Waals surface area contributed by atoms with E-state index in [-0.39, 0.29) is 5.97 Å². The van der Waals surface area contributed by atoms with Gasteiger partial charge >= 0.3 is 5.97 Å². The van der Waals surface area contributed by atoms with Crippen molar-refractivity contribution in [3.05, 3.63) is 47.8 Å². The maximum Gasteiger partial charge on any atom is 0.338 e. The Hall–Kier alpha value is -2.69. The highest BCUT2D eigenvalue weighted by Crippen LogP contribution is 2.28. The van der Waals surface area contributed by atoms with E-state index in [1.807, 2.05) is 42.9 Å². The Morgan fingerprint density at radius 3 is 2.82 bits per heavy atom. The van der Waals surface area contributed by atoms with Gasteiger partial charge in [-0.05, 0) is 44.2 Å². The highest BCUT2D eigenvalue weighted by molar-refractivity contribution is 5.99. The standard InChI is InChI=1S/C17H17N3O2/c1-4-22-17(21)13-5-6-15-14(10-13)16(19-20(15)3)12-7-8-18-11(2)9-12/h5-10H,4H2,1-3H3. The van der Waals surface area contributed by atoms with Gasteiger partial charge < -0.3 is 4.74 Å². The second-order valence-corrected chi connectivity index (χ2v) is 5.11. The van der Waals surface area contributed by atoms with Crippen LogP contribution in [0.2, 0.25) is 0 Å². The number of aromatic nitrogens is 3. The van der Waals surface area contributed by atoms with Gasteiger partial charge in [-0.1, -0.05) is 0 Å². The normalized spacial score (nSPS) is 10.9. The molecular weight excluding hydrogens is 278 g/mol. The van der Waals surface area contributed by atoms with E-state index in [1.165, 1.54) is 0 Å². The van der Waals surface area contributed by atoms with Gasteiger partial charge in [-0.15, -0.1) is 0 Å². The van der Waals surface area contributed by atoms with Crippen molar-refractivity contribution in [1.82, 2.24) is 14.8 Å². The molecule has 0 bridgehead atoms. The van der Waals surface area contributed by atoms with Crippen LogP contribution in [0.15, 0.2) is 36.5 Å². The first-order chi connectivity index (χ1) is 10.6. The minimum atomic E-state index is -0.315. The van der Waals surface area contributed by atoms with Gasteiger partial charge in [0.1, 0.15) is 5.69 Å². The molecule has 0 spiro atoms. The van der Waals surface area contributed by atoms with Crippen LogP contribution in [0.25, 0.3) is 22.2 Å². The summed E-state index contributed by atoms with van der Waals surface area (Å²) in [5.41, 5.74) is 4.26. The number of fused-ring (bicyclic) bond motifs is 1. The van der Waals surface area contributed by atoms with Crippen LogP contribution < -0.4 is 0 Å². The van der Waals surface area contributed by atoms with Crippen LogP contribution >= 0.6 is 0 Å². The number of esters is 1. The lowest BCUT2D eigenvalue weighted by Crippen LogP contribution is -2.04. The molecule has 22 heavy (non-hydrogen) atoms. The third kappa shape index (κ3) is 2.45. The van der Waals surface area contributed by atoms with E-state index in [0.29, 0.717) is 12.2 Å². The van der Waals surface area contributed by atoms with Gasteiger partial charge in [0.2, 0.25) is 0 Å². The Labute approximate surface area is 128 Å². The molecule has 5 nitrogen and oxygen atoms in total. The Bertz CT molecular complexity index is 852. The van der Waals surface area contributed by atoms with Gasteiger partial charge in [-0.2, -0.15) is 5.10 Å². The zero-order valence-electron chi connectivity index (χ0n) is 12.8. The molecule has 3 rings (SSSR count). The molecule has 0 saturated carbocycles. The molecule has 2 aromatic heterocycles.